The van der Waals surface area contributed by atoms with Gasteiger partial charge in [-0.2, -0.15) is 10.2 Å². The predicted molar refractivity (Wildman–Crippen MR) is 95.5 cm³/mol. The van der Waals surface area contributed by atoms with Gasteiger partial charge in [-0.15, -0.1) is 6.58 Å². The van der Waals surface area contributed by atoms with Gasteiger partial charge in [0.2, 0.25) is 0 Å². The molecule has 124 valence electrons. The van der Waals surface area contributed by atoms with Gasteiger partial charge >= 0.3 is 0 Å². The fraction of sp³-hybridized carbons (Fsp3) is 0.263. The number of benzene rings is 1. The Bertz CT molecular complexity index is 786. The molecule has 5 heteroatoms. The number of rotatable bonds is 8. The lowest BCUT2D eigenvalue weighted by atomic mass is 10.1. The van der Waals surface area contributed by atoms with E-state index in [2.05, 4.69) is 52.6 Å². The van der Waals surface area contributed by atoms with Gasteiger partial charge in [-0.3, -0.25) is 9.36 Å². The van der Waals surface area contributed by atoms with Gasteiger partial charge in [0, 0.05) is 37.2 Å². The fourth-order valence-corrected chi connectivity index (χ4v) is 2.74. The topological polar surface area (TPSA) is 47.7 Å². The van der Waals surface area contributed by atoms with E-state index in [0.29, 0.717) is 0 Å². The Balaban J connectivity index is 1.61. The third-order valence-corrected chi connectivity index (χ3v) is 4.01. The first-order chi connectivity index (χ1) is 11.8. The van der Waals surface area contributed by atoms with Crippen molar-refractivity contribution in [2.75, 3.05) is 0 Å². The van der Waals surface area contributed by atoms with Crippen LogP contribution in [0.25, 0.3) is 0 Å². The van der Waals surface area contributed by atoms with Crippen molar-refractivity contribution in [1.29, 1.82) is 0 Å². The van der Waals surface area contributed by atoms with Crippen molar-refractivity contribution in [3.8, 4) is 0 Å². The molecule has 0 spiro atoms. The highest BCUT2D eigenvalue weighted by molar-refractivity contribution is 5.27. The lowest BCUT2D eigenvalue weighted by molar-refractivity contribution is 0.654. The summed E-state index contributed by atoms with van der Waals surface area (Å²) in [5.41, 5.74) is 4.87. The first kappa shape index (κ1) is 16.2. The summed E-state index contributed by atoms with van der Waals surface area (Å²) in [6.45, 7) is 8.96. The Morgan fingerprint density at radius 2 is 1.88 bits per heavy atom. The van der Waals surface area contributed by atoms with Crippen LogP contribution in [0.2, 0.25) is 0 Å². The SMILES string of the molecule is C=CCn1cc(CNCc2ccccc2Cn2cccn2)c(C)n1. The molecule has 2 heterocycles. The summed E-state index contributed by atoms with van der Waals surface area (Å²) in [6, 6.07) is 10.4. The number of nitrogens with zero attached hydrogens (tertiary/aromatic N) is 4. The van der Waals surface area contributed by atoms with Crippen LogP contribution in [0.1, 0.15) is 22.4 Å². The lowest BCUT2D eigenvalue weighted by Gasteiger charge is -2.10. The van der Waals surface area contributed by atoms with Gasteiger partial charge in [0.15, 0.2) is 0 Å². The van der Waals surface area contributed by atoms with E-state index in [0.717, 1.165) is 31.9 Å². The maximum atomic E-state index is 4.49. The highest BCUT2D eigenvalue weighted by atomic mass is 15.3. The van der Waals surface area contributed by atoms with E-state index in [-0.39, 0.29) is 0 Å². The van der Waals surface area contributed by atoms with Crippen LogP contribution in [0.5, 0.6) is 0 Å². The molecule has 0 bridgehead atoms. The average Bonchev–Trinajstić information content (AvgIpc) is 3.20. The van der Waals surface area contributed by atoms with Crippen molar-refractivity contribution in [1.82, 2.24) is 24.9 Å². The van der Waals surface area contributed by atoms with E-state index >= 15 is 0 Å². The molecule has 0 amide bonds. The molecule has 0 aliphatic rings. The summed E-state index contributed by atoms with van der Waals surface area (Å²) in [6.07, 6.45) is 7.74. The zero-order valence-electron chi connectivity index (χ0n) is 14.0. The van der Waals surface area contributed by atoms with Gasteiger partial charge in [-0.05, 0) is 24.1 Å². The Kier molecular flexibility index (Phi) is 5.23. The summed E-state index contributed by atoms with van der Waals surface area (Å²) >= 11 is 0. The van der Waals surface area contributed by atoms with Crippen molar-refractivity contribution in [2.45, 2.75) is 33.1 Å². The van der Waals surface area contributed by atoms with Gasteiger partial charge in [0.05, 0.1) is 18.8 Å². The van der Waals surface area contributed by atoms with E-state index in [1.165, 1.54) is 16.7 Å². The normalized spacial score (nSPS) is 10.9. The highest BCUT2D eigenvalue weighted by Crippen LogP contribution is 2.11. The largest absolute Gasteiger partial charge is 0.308 e. The summed E-state index contributed by atoms with van der Waals surface area (Å²) in [5.74, 6) is 0. The van der Waals surface area contributed by atoms with E-state index in [1.54, 1.807) is 0 Å². The molecule has 5 nitrogen and oxygen atoms in total. The van der Waals surface area contributed by atoms with Crippen molar-refractivity contribution < 1.29 is 0 Å². The predicted octanol–water partition coefficient (Wildman–Crippen LogP) is 2.91. The maximum Gasteiger partial charge on any atom is 0.0662 e. The number of aryl methyl sites for hydroxylation is 1. The summed E-state index contributed by atoms with van der Waals surface area (Å²) in [4.78, 5) is 0. The molecular formula is C19H23N5. The highest BCUT2D eigenvalue weighted by Gasteiger charge is 2.06. The summed E-state index contributed by atoms with van der Waals surface area (Å²) in [7, 11) is 0. The van der Waals surface area contributed by atoms with E-state index in [1.807, 2.05) is 40.8 Å². The Labute approximate surface area is 142 Å². The van der Waals surface area contributed by atoms with Crippen molar-refractivity contribution in [3.05, 3.63) is 84.0 Å². The monoisotopic (exact) mass is 321 g/mol. The van der Waals surface area contributed by atoms with Crippen molar-refractivity contribution >= 4 is 0 Å². The molecule has 0 atom stereocenters. The minimum atomic E-state index is 0.744. The molecular weight excluding hydrogens is 298 g/mol. The molecule has 2 aromatic heterocycles. The minimum Gasteiger partial charge on any atom is -0.308 e. The molecule has 0 radical (unpaired) electrons. The van der Waals surface area contributed by atoms with Crippen LogP contribution in [0.4, 0.5) is 0 Å². The second kappa shape index (κ2) is 7.75. The fourth-order valence-electron chi connectivity index (χ4n) is 2.74. The summed E-state index contributed by atoms with van der Waals surface area (Å²) < 4.78 is 3.87. The molecule has 0 aliphatic heterocycles. The Hall–Kier alpha value is -2.66. The number of nitrogens with one attached hydrogen (secondary N) is 1. The van der Waals surface area contributed by atoms with Crippen molar-refractivity contribution in [3.63, 3.8) is 0 Å². The standard InChI is InChI=1S/C19H23N5/c1-3-10-24-15-19(16(2)22-24)13-20-12-17-7-4-5-8-18(17)14-23-11-6-9-21-23/h3-9,11,15,20H,1,10,12-14H2,2H3. The van der Waals surface area contributed by atoms with Crippen LogP contribution in [-0.2, 0) is 26.2 Å². The smallest absolute Gasteiger partial charge is 0.0662 e. The minimum absolute atomic E-state index is 0.744. The zero-order chi connectivity index (χ0) is 16.8. The van der Waals surface area contributed by atoms with Crippen LogP contribution in [0.3, 0.4) is 0 Å². The second-order valence-corrected chi connectivity index (χ2v) is 5.83. The molecule has 0 aliphatic carbocycles. The van der Waals surface area contributed by atoms with Crippen LogP contribution in [0, 0.1) is 6.92 Å². The molecule has 0 unspecified atom stereocenters. The third-order valence-electron chi connectivity index (χ3n) is 4.01. The van der Waals surface area contributed by atoms with Gasteiger partial charge in [-0.1, -0.05) is 30.3 Å². The molecule has 1 aromatic carbocycles. The molecule has 1 N–H and O–H groups in total. The molecule has 24 heavy (non-hydrogen) atoms. The average molecular weight is 321 g/mol. The number of hydrogen-bond donors (Lipinski definition) is 1. The first-order valence-electron chi connectivity index (χ1n) is 8.15. The lowest BCUT2D eigenvalue weighted by Crippen LogP contribution is -2.15. The van der Waals surface area contributed by atoms with E-state index < -0.39 is 0 Å². The van der Waals surface area contributed by atoms with Gasteiger partial charge in [-0.25, -0.2) is 0 Å². The summed E-state index contributed by atoms with van der Waals surface area (Å²) in [5, 5.41) is 12.3. The molecule has 0 saturated heterocycles. The van der Waals surface area contributed by atoms with Crippen LogP contribution in [0.15, 0.2) is 61.6 Å². The second-order valence-electron chi connectivity index (χ2n) is 5.83. The third kappa shape index (κ3) is 4.00. The molecule has 3 aromatic rings. The Morgan fingerprint density at radius 1 is 1.08 bits per heavy atom. The molecule has 0 fully saturated rings. The van der Waals surface area contributed by atoms with Crippen LogP contribution >= 0.6 is 0 Å². The maximum absolute atomic E-state index is 4.49. The van der Waals surface area contributed by atoms with Crippen LogP contribution in [-0.4, -0.2) is 19.6 Å². The quantitative estimate of drug-likeness (QED) is 0.649. The molecule has 3 rings (SSSR count). The molecule has 0 saturated carbocycles. The van der Waals surface area contributed by atoms with Gasteiger partial charge in [0.1, 0.15) is 0 Å². The van der Waals surface area contributed by atoms with Gasteiger partial charge < -0.3 is 5.32 Å². The van der Waals surface area contributed by atoms with E-state index in [9.17, 15) is 0 Å². The number of hydrogen-bond acceptors (Lipinski definition) is 3. The first-order valence-corrected chi connectivity index (χ1v) is 8.15. The van der Waals surface area contributed by atoms with Crippen molar-refractivity contribution in [2.24, 2.45) is 0 Å². The zero-order valence-corrected chi connectivity index (χ0v) is 14.0. The van der Waals surface area contributed by atoms with E-state index in [4.69, 9.17) is 0 Å². The number of allylic oxidation sites excluding steroid dienone is 1. The van der Waals surface area contributed by atoms with Gasteiger partial charge in [0.25, 0.3) is 0 Å². The Morgan fingerprint density at radius 3 is 2.62 bits per heavy atom. The van der Waals surface area contributed by atoms with Crippen LogP contribution < -0.4 is 5.32 Å². The number of aromatic nitrogens is 4.